The van der Waals surface area contributed by atoms with Crippen molar-refractivity contribution in [3.63, 3.8) is 0 Å². The van der Waals surface area contributed by atoms with Gasteiger partial charge in [-0.2, -0.15) is 4.57 Å². The fraction of sp³-hybridized carbons (Fsp3) is 0.143. The smallest absolute Gasteiger partial charge is 0.269 e. The molecule has 0 radical (unpaired) electrons. The van der Waals surface area contributed by atoms with E-state index in [4.69, 9.17) is 0 Å². The van der Waals surface area contributed by atoms with Crippen molar-refractivity contribution in [2.75, 3.05) is 6.54 Å². The van der Waals surface area contributed by atoms with Crippen LogP contribution in [-0.4, -0.2) is 16.0 Å². The van der Waals surface area contributed by atoms with E-state index in [0.717, 1.165) is 32.3 Å². The molecule has 50 heavy (non-hydrogen) atoms. The minimum Gasteiger partial charge on any atom is -1.00 e. The molecule has 6 aromatic rings. The van der Waals surface area contributed by atoms with Crippen LogP contribution in [0.15, 0.2) is 137 Å². The Labute approximate surface area is 323 Å². The molecule has 2 aromatic heterocycles. The van der Waals surface area contributed by atoms with E-state index >= 15 is 0 Å². The van der Waals surface area contributed by atoms with Crippen molar-refractivity contribution in [1.82, 2.24) is 9.47 Å². The predicted octanol–water partition coefficient (Wildman–Crippen LogP) is 5.68. The monoisotopic (exact) mass is 823 g/mol. The summed E-state index contributed by atoms with van der Waals surface area (Å²) < 4.78 is 5.98. The molecule has 0 bridgehead atoms. The Morgan fingerprint density at radius 1 is 0.660 bits per heavy atom. The zero-order valence-electron chi connectivity index (χ0n) is 28.3. The van der Waals surface area contributed by atoms with Gasteiger partial charge in [-0.3, -0.25) is 9.36 Å². The number of hydrogen-bond donors (Lipinski definition) is 0. The average Bonchev–Trinajstić information content (AvgIpc) is 3.82. The third-order valence-corrected chi connectivity index (χ3v) is 12.0. The first-order valence-corrected chi connectivity index (χ1v) is 19.2. The fourth-order valence-electron chi connectivity index (χ4n) is 6.29. The summed E-state index contributed by atoms with van der Waals surface area (Å²) in [4.78, 5) is 18.7. The maximum absolute atomic E-state index is 13.9. The SMILES string of the molecule is CCN1C(=CC=c2sc(=Cc3sc(-c4ccccc4)c(-c4ccccc4)[n+]3CC)n(CC)c2=O)SC(c2ccccc2)=C1c1ccccc1.[I-]. The number of halogens is 1. The Hall–Kier alpha value is -3.96. The summed E-state index contributed by atoms with van der Waals surface area (Å²) in [5, 5.41) is 2.24. The zero-order chi connectivity index (χ0) is 33.7. The van der Waals surface area contributed by atoms with Crippen molar-refractivity contribution in [2.24, 2.45) is 0 Å². The molecule has 0 amide bonds. The highest BCUT2D eigenvalue weighted by Crippen LogP contribution is 2.50. The van der Waals surface area contributed by atoms with Gasteiger partial charge in [-0.15, -0.1) is 11.3 Å². The molecule has 8 heteroatoms. The fourth-order valence-corrected chi connectivity index (χ4v) is 9.96. The highest BCUT2D eigenvalue weighted by Gasteiger charge is 2.29. The number of allylic oxidation sites excluding steroid dienone is 1. The van der Waals surface area contributed by atoms with Crippen molar-refractivity contribution in [2.45, 2.75) is 33.9 Å². The number of thiazole rings is 2. The highest BCUT2D eigenvalue weighted by molar-refractivity contribution is 8.12. The van der Waals surface area contributed by atoms with E-state index in [-0.39, 0.29) is 29.5 Å². The van der Waals surface area contributed by atoms with Crippen LogP contribution in [0.1, 0.15) is 36.9 Å². The van der Waals surface area contributed by atoms with E-state index < -0.39 is 0 Å². The highest BCUT2D eigenvalue weighted by atomic mass is 127. The van der Waals surface area contributed by atoms with Crippen LogP contribution in [0.3, 0.4) is 0 Å². The lowest BCUT2D eigenvalue weighted by Gasteiger charge is -2.21. The lowest BCUT2D eigenvalue weighted by molar-refractivity contribution is -0.679. The van der Waals surface area contributed by atoms with Crippen LogP contribution < -0.4 is 43.3 Å². The van der Waals surface area contributed by atoms with Crippen LogP contribution in [0.4, 0.5) is 0 Å². The van der Waals surface area contributed by atoms with Crippen LogP contribution in [0.2, 0.25) is 0 Å². The van der Waals surface area contributed by atoms with Crippen LogP contribution in [0.5, 0.6) is 0 Å². The molecule has 0 saturated carbocycles. The second kappa shape index (κ2) is 16.4. The maximum Gasteiger partial charge on any atom is 0.269 e. The summed E-state index contributed by atoms with van der Waals surface area (Å²) in [5.74, 6) is 0. The predicted molar refractivity (Wildman–Crippen MR) is 210 cm³/mol. The first-order valence-electron chi connectivity index (χ1n) is 16.7. The van der Waals surface area contributed by atoms with E-state index in [0.29, 0.717) is 6.54 Å². The maximum atomic E-state index is 13.9. The van der Waals surface area contributed by atoms with Gasteiger partial charge in [-0.1, -0.05) is 132 Å². The first kappa shape index (κ1) is 35.9. The molecule has 252 valence electrons. The van der Waals surface area contributed by atoms with E-state index in [1.54, 1.807) is 34.4 Å². The van der Waals surface area contributed by atoms with Crippen LogP contribution >= 0.6 is 34.4 Å². The van der Waals surface area contributed by atoms with Crippen LogP contribution in [0, 0.1) is 0 Å². The molecule has 0 atom stereocenters. The minimum atomic E-state index is 0. The lowest BCUT2D eigenvalue weighted by Crippen LogP contribution is -3.00. The van der Waals surface area contributed by atoms with Gasteiger partial charge in [-0.05, 0) is 61.7 Å². The summed E-state index contributed by atoms with van der Waals surface area (Å²) in [5.41, 5.74) is 7.22. The molecule has 1 aliphatic heterocycles. The van der Waals surface area contributed by atoms with Gasteiger partial charge in [0.1, 0.15) is 16.1 Å². The van der Waals surface area contributed by atoms with Crippen molar-refractivity contribution in [1.29, 1.82) is 0 Å². The number of rotatable bonds is 9. The van der Waals surface area contributed by atoms with E-state index in [1.807, 2.05) is 10.6 Å². The number of aromatic nitrogens is 2. The van der Waals surface area contributed by atoms with Gasteiger partial charge >= 0.3 is 0 Å². The van der Waals surface area contributed by atoms with Crippen LogP contribution in [-0.2, 0) is 13.1 Å². The van der Waals surface area contributed by atoms with Gasteiger partial charge in [0.15, 0.2) is 0 Å². The number of thioether (sulfide) groups is 1. The van der Waals surface area contributed by atoms with Crippen LogP contribution in [0.25, 0.3) is 44.5 Å². The molecule has 1 aliphatic rings. The van der Waals surface area contributed by atoms with Crippen molar-refractivity contribution >= 4 is 57.2 Å². The van der Waals surface area contributed by atoms with E-state index in [9.17, 15) is 4.79 Å². The van der Waals surface area contributed by atoms with Crippen molar-refractivity contribution in [3.8, 4) is 21.7 Å². The van der Waals surface area contributed by atoms with Crippen molar-refractivity contribution in [3.05, 3.63) is 168 Å². The molecular weight excluding hydrogens is 786 g/mol. The van der Waals surface area contributed by atoms with Gasteiger partial charge in [0.05, 0.1) is 21.3 Å². The Bertz CT molecular complexity index is 2330. The molecule has 0 saturated heterocycles. The van der Waals surface area contributed by atoms with Gasteiger partial charge in [-0.25, -0.2) is 0 Å². The number of hydrogen-bond acceptors (Lipinski definition) is 5. The van der Waals surface area contributed by atoms with Gasteiger partial charge in [0.25, 0.3) is 10.6 Å². The summed E-state index contributed by atoms with van der Waals surface area (Å²) in [6, 6.07) is 42.4. The Kier molecular flexibility index (Phi) is 11.7. The second-order valence-corrected chi connectivity index (χ2v) is 14.6. The third-order valence-electron chi connectivity index (χ3n) is 8.59. The quantitative estimate of drug-likeness (QED) is 0.139. The summed E-state index contributed by atoms with van der Waals surface area (Å²) in [6.07, 6.45) is 6.35. The van der Waals surface area contributed by atoms with Crippen molar-refractivity contribution < 1.29 is 28.5 Å². The number of nitrogens with zero attached hydrogens (tertiary/aromatic N) is 3. The molecule has 0 fully saturated rings. The Morgan fingerprint density at radius 3 is 1.78 bits per heavy atom. The molecular formula is C42H38IN3OS3. The molecule has 0 N–H and O–H groups in total. The van der Waals surface area contributed by atoms with Gasteiger partial charge < -0.3 is 28.9 Å². The summed E-state index contributed by atoms with van der Waals surface area (Å²) >= 11 is 5.12. The molecule has 4 aromatic carbocycles. The van der Waals surface area contributed by atoms with E-state index in [2.05, 4.69) is 164 Å². The minimum absolute atomic E-state index is 0. The molecule has 7 rings (SSSR count). The topological polar surface area (TPSA) is 29.1 Å². The molecule has 4 nitrogen and oxygen atoms in total. The second-order valence-electron chi connectivity index (χ2n) is 11.5. The third kappa shape index (κ3) is 7.12. The lowest BCUT2D eigenvalue weighted by atomic mass is 10.1. The summed E-state index contributed by atoms with van der Waals surface area (Å²) in [7, 11) is 0. The van der Waals surface area contributed by atoms with Gasteiger partial charge in [0.2, 0.25) is 5.69 Å². The van der Waals surface area contributed by atoms with Gasteiger partial charge in [0, 0.05) is 23.6 Å². The Balaban J connectivity index is 0.00000432. The Morgan fingerprint density at radius 2 is 1.22 bits per heavy atom. The standard InChI is InChI=1S/C42H38N3OS3.HI/c1-4-43-35(48-40(32-23-15-9-16-24-32)38(43)30-19-11-7-12-20-30)28-27-34-42(46)45(6-3)37(47-34)29-36-44(5-2)39(31-21-13-8-14-22-31)41(49-36)33-25-17-10-18-26-33;/h7-29H,4-6H2,1-3H3;1H/q+1;/p-1. The average molecular weight is 824 g/mol. The first-order chi connectivity index (χ1) is 24.1. The summed E-state index contributed by atoms with van der Waals surface area (Å²) in [6.45, 7) is 8.67. The molecule has 0 aliphatic carbocycles. The number of benzene rings is 4. The largest absolute Gasteiger partial charge is 1.00 e. The zero-order valence-corrected chi connectivity index (χ0v) is 32.9. The van der Waals surface area contributed by atoms with E-state index in [1.165, 1.54) is 43.4 Å². The molecule has 3 heterocycles. The molecule has 0 unspecified atom stereocenters. The molecule has 0 spiro atoms. The normalized spacial score (nSPS) is 14.5.